The van der Waals surface area contributed by atoms with E-state index < -0.39 is 0 Å². The van der Waals surface area contributed by atoms with Gasteiger partial charge in [0.1, 0.15) is 18.1 Å². The Morgan fingerprint density at radius 2 is 1.85 bits per heavy atom. The molecule has 0 aliphatic carbocycles. The minimum atomic E-state index is 0.0661. The van der Waals surface area contributed by atoms with Crippen molar-refractivity contribution in [1.29, 1.82) is 0 Å². The first kappa shape index (κ1) is 21.0. The number of aryl methyl sites for hydroxylation is 2. The predicted molar refractivity (Wildman–Crippen MR) is 107 cm³/mol. The first-order valence-electron chi connectivity index (χ1n) is 9.78. The minimum Gasteiger partial charge on any atom is -0.489 e. The van der Waals surface area contributed by atoms with E-state index in [0.717, 1.165) is 41.2 Å². The highest BCUT2D eigenvalue weighted by atomic mass is 16.5. The number of aromatic nitrogens is 1. The number of nitrogens with zero attached hydrogens (tertiary/aromatic N) is 1. The van der Waals surface area contributed by atoms with Crippen LogP contribution < -0.4 is 10.1 Å². The number of hydrogen-bond donors (Lipinski definition) is 1. The SMILES string of the molecule is Cc1noc(C)c1COc1ccc(CC(=O)N[C@H](C)CCCC(C)C)cc1. The molecule has 2 rings (SSSR count). The molecular weight excluding hydrogens is 340 g/mol. The molecule has 0 fully saturated rings. The van der Waals surface area contributed by atoms with Gasteiger partial charge < -0.3 is 14.6 Å². The summed E-state index contributed by atoms with van der Waals surface area (Å²) < 4.78 is 10.9. The van der Waals surface area contributed by atoms with Gasteiger partial charge in [-0.3, -0.25) is 4.79 Å². The van der Waals surface area contributed by atoms with Crippen LogP contribution in [0.4, 0.5) is 0 Å². The molecule has 1 N–H and O–H groups in total. The normalized spacial score (nSPS) is 12.2. The van der Waals surface area contributed by atoms with Crippen molar-refractivity contribution >= 4 is 5.91 Å². The largest absolute Gasteiger partial charge is 0.489 e. The molecule has 1 aromatic heterocycles. The molecule has 0 aliphatic heterocycles. The monoisotopic (exact) mass is 372 g/mol. The number of benzene rings is 1. The number of nitrogens with one attached hydrogen (secondary N) is 1. The van der Waals surface area contributed by atoms with Crippen LogP contribution in [0.3, 0.4) is 0 Å². The first-order valence-corrected chi connectivity index (χ1v) is 9.78. The third-order valence-corrected chi connectivity index (χ3v) is 4.68. The maximum Gasteiger partial charge on any atom is 0.224 e. The van der Waals surface area contributed by atoms with Crippen molar-refractivity contribution in [2.24, 2.45) is 5.92 Å². The summed E-state index contributed by atoms with van der Waals surface area (Å²) >= 11 is 0. The molecule has 1 amide bonds. The van der Waals surface area contributed by atoms with Crippen molar-refractivity contribution in [2.45, 2.75) is 73.0 Å². The van der Waals surface area contributed by atoms with Gasteiger partial charge >= 0.3 is 0 Å². The van der Waals surface area contributed by atoms with Gasteiger partial charge in [0.2, 0.25) is 5.91 Å². The van der Waals surface area contributed by atoms with Gasteiger partial charge in [-0.15, -0.1) is 0 Å². The maximum atomic E-state index is 12.2. The lowest BCUT2D eigenvalue weighted by molar-refractivity contribution is -0.121. The molecule has 5 nitrogen and oxygen atoms in total. The smallest absolute Gasteiger partial charge is 0.224 e. The quantitative estimate of drug-likeness (QED) is 0.654. The van der Waals surface area contributed by atoms with Gasteiger partial charge in [0.25, 0.3) is 0 Å². The Kier molecular flexibility index (Phi) is 7.89. The summed E-state index contributed by atoms with van der Waals surface area (Å²) in [6.45, 7) is 10.7. The van der Waals surface area contributed by atoms with Crippen LogP contribution in [0.2, 0.25) is 0 Å². The third-order valence-electron chi connectivity index (χ3n) is 4.68. The molecule has 0 radical (unpaired) electrons. The molecule has 1 aromatic carbocycles. The van der Waals surface area contributed by atoms with Crippen LogP contribution in [-0.4, -0.2) is 17.1 Å². The second-order valence-corrected chi connectivity index (χ2v) is 7.71. The molecular formula is C22H32N2O3. The van der Waals surface area contributed by atoms with Crippen LogP contribution in [-0.2, 0) is 17.8 Å². The summed E-state index contributed by atoms with van der Waals surface area (Å²) in [5, 5.41) is 7.01. The molecule has 0 spiro atoms. The highest BCUT2D eigenvalue weighted by Gasteiger charge is 2.11. The molecule has 0 aliphatic rings. The van der Waals surface area contributed by atoms with Gasteiger partial charge in [0, 0.05) is 6.04 Å². The zero-order valence-corrected chi connectivity index (χ0v) is 17.2. The number of carbonyl (C=O) groups excluding carboxylic acids is 1. The molecule has 1 heterocycles. The average molecular weight is 373 g/mol. The number of carbonyl (C=O) groups is 1. The number of amides is 1. The van der Waals surface area contributed by atoms with Crippen molar-refractivity contribution in [2.75, 3.05) is 0 Å². The number of rotatable bonds is 10. The zero-order valence-electron chi connectivity index (χ0n) is 17.2. The lowest BCUT2D eigenvalue weighted by Gasteiger charge is -2.14. The van der Waals surface area contributed by atoms with Crippen LogP contribution in [0.5, 0.6) is 5.75 Å². The molecule has 0 unspecified atom stereocenters. The first-order chi connectivity index (χ1) is 12.8. The van der Waals surface area contributed by atoms with E-state index in [2.05, 4.69) is 31.2 Å². The summed E-state index contributed by atoms with van der Waals surface area (Å²) in [6, 6.07) is 7.88. The Labute approximate surface area is 162 Å². The summed E-state index contributed by atoms with van der Waals surface area (Å²) in [6.07, 6.45) is 3.77. The van der Waals surface area contributed by atoms with Gasteiger partial charge in [-0.25, -0.2) is 0 Å². The Bertz CT molecular complexity index is 700. The number of ether oxygens (including phenoxy) is 1. The van der Waals surface area contributed by atoms with E-state index in [-0.39, 0.29) is 11.9 Å². The van der Waals surface area contributed by atoms with E-state index in [1.165, 1.54) is 6.42 Å². The minimum absolute atomic E-state index is 0.0661. The van der Waals surface area contributed by atoms with E-state index in [1.54, 1.807) is 0 Å². The van der Waals surface area contributed by atoms with Gasteiger partial charge in [-0.1, -0.05) is 44.0 Å². The molecule has 0 bridgehead atoms. The number of hydrogen-bond acceptors (Lipinski definition) is 4. The van der Waals surface area contributed by atoms with Gasteiger partial charge in [-0.2, -0.15) is 0 Å². The fraction of sp³-hybridized carbons (Fsp3) is 0.545. The van der Waals surface area contributed by atoms with E-state index >= 15 is 0 Å². The molecule has 5 heteroatoms. The van der Waals surface area contributed by atoms with Crippen molar-refractivity contribution in [3.05, 3.63) is 46.8 Å². The van der Waals surface area contributed by atoms with Crippen molar-refractivity contribution in [3.8, 4) is 5.75 Å². The van der Waals surface area contributed by atoms with Gasteiger partial charge in [-0.05, 0) is 50.8 Å². The Hall–Kier alpha value is -2.30. The van der Waals surface area contributed by atoms with Crippen molar-refractivity contribution in [3.63, 3.8) is 0 Å². The van der Waals surface area contributed by atoms with Gasteiger partial charge in [0.05, 0.1) is 17.7 Å². The van der Waals surface area contributed by atoms with Crippen LogP contribution >= 0.6 is 0 Å². The lowest BCUT2D eigenvalue weighted by atomic mass is 10.0. The van der Waals surface area contributed by atoms with Crippen LogP contribution in [0.15, 0.2) is 28.8 Å². The van der Waals surface area contributed by atoms with Gasteiger partial charge in [0.15, 0.2) is 0 Å². The molecule has 27 heavy (non-hydrogen) atoms. The summed E-state index contributed by atoms with van der Waals surface area (Å²) in [7, 11) is 0. The zero-order chi connectivity index (χ0) is 19.8. The highest BCUT2D eigenvalue weighted by molar-refractivity contribution is 5.78. The fourth-order valence-electron chi connectivity index (χ4n) is 2.98. The molecule has 148 valence electrons. The Morgan fingerprint density at radius 1 is 1.15 bits per heavy atom. The molecule has 2 aromatic rings. The second kappa shape index (κ2) is 10.1. The second-order valence-electron chi connectivity index (χ2n) is 7.71. The Balaban J connectivity index is 1.77. The van der Waals surface area contributed by atoms with E-state index in [4.69, 9.17) is 9.26 Å². The maximum absolute atomic E-state index is 12.2. The summed E-state index contributed by atoms with van der Waals surface area (Å²) in [5.41, 5.74) is 2.81. The van der Waals surface area contributed by atoms with Crippen LogP contribution in [0, 0.1) is 19.8 Å². The Morgan fingerprint density at radius 3 is 2.44 bits per heavy atom. The van der Waals surface area contributed by atoms with E-state index in [9.17, 15) is 4.79 Å². The molecule has 0 saturated carbocycles. The van der Waals surface area contributed by atoms with Crippen LogP contribution in [0.1, 0.15) is 62.6 Å². The fourth-order valence-corrected chi connectivity index (χ4v) is 2.98. The summed E-state index contributed by atoms with van der Waals surface area (Å²) in [4.78, 5) is 12.2. The topological polar surface area (TPSA) is 64.4 Å². The predicted octanol–water partition coefficient (Wildman–Crippen LogP) is 4.74. The highest BCUT2D eigenvalue weighted by Crippen LogP contribution is 2.18. The third kappa shape index (κ3) is 7.08. The van der Waals surface area contributed by atoms with Crippen LogP contribution in [0.25, 0.3) is 0 Å². The standard InChI is InChI=1S/C22H32N2O3/c1-15(2)7-6-8-16(3)23-22(25)13-19-9-11-20(12-10-19)26-14-21-17(4)24-27-18(21)5/h9-12,15-16H,6-8,13-14H2,1-5H3,(H,23,25)/t16-/m1/s1. The van der Waals surface area contributed by atoms with Crippen molar-refractivity contribution in [1.82, 2.24) is 10.5 Å². The average Bonchev–Trinajstić information content (AvgIpc) is 2.92. The van der Waals surface area contributed by atoms with Crippen molar-refractivity contribution < 1.29 is 14.1 Å². The molecule has 0 saturated heterocycles. The van der Waals surface area contributed by atoms with E-state index in [1.807, 2.05) is 38.1 Å². The molecule has 1 atom stereocenters. The summed E-state index contributed by atoms with van der Waals surface area (Å²) in [5.74, 6) is 2.33. The lowest BCUT2D eigenvalue weighted by Crippen LogP contribution is -2.33. The van der Waals surface area contributed by atoms with E-state index in [0.29, 0.717) is 18.9 Å².